The summed E-state index contributed by atoms with van der Waals surface area (Å²) in [7, 11) is 0. The summed E-state index contributed by atoms with van der Waals surface area (Å²) in [5, 5.41) is 3.40. The molecule has 0 aromatic carbocycles. The summed E-state index contributed by atoms with van der Waals surface area (Å²) in [5.41, 5.74) is 2.26. The van der Waals surface area contributed by atoms with Crippen LogP contribution in [0.25, 0.3) is 0 Å². The number of nitrogens with zero attached hydrogens (tertiary/aromatic N) is 1. The van der Waals surface area contributed by atoms with E-state index < -0.39 is 0 Å². The van der Waals surface area contributed by atoms with E-state index in [2.05, 4.69) is 37.2 Å². The van der Waals surface area contributed by atoms with Gasteiger partial charge in [-0.1, -0.05) is 27.0 Å². The highest BCUT2D eigenvalue weighted by Crippen LogP contribution is 2.21. The van der Waals surface area contributed by atoms with Crippen molar-refractivity contribution in [2.45, 2.75) is 46.1 Å². The molecule has 0 bridgehead atoms. The Balaban J connectivity index is 2.51. The van der Waals surface area contributed by atoms with Crippen molar-refractivity contribution < 1.29 is 0 Å². The topological polar surface area (TPSA) is 15.3 Å². The van der Waals surface area contributed by atoms with Gasteiger partial charge in [-0.05, 0) is 32.1 Å². The van der Waals surface area contributed by atoms with Gasteiger partial charge in [-0.3, -0.25) is 0 Å². The largest absolute Gasteiger partial charge is 0.381 e. The lowest BCUT2D eigenvalue weighted by Crippen LogP contribution is -2.40. The van der Waals surface area contributed by atoms with Crippen LogP contribution in [0.1, 0.15) is 40.0 Å². The lowest BCUT2D eigenvalue weighted by molar-refractivity contribution is 0.222. The molecule has 16 heavy (non-hydrogen) atoms. The van der Waals surface area contributed by atoms with Gasteiger partial charge in [0.15, 0.2) is 0 Å². The van der Waals surface area contributed by atoms with E-state index in [0.29, 0.717) is 6.04 Å². The molecule has 0 amide bonds. The van der Waals surface area contributed by atoms with E-state index in [1.807, 2.05) is 6.92 Å². The summed E-state index contributed by atoms with van der Waals surface area (Å²) in [6, 6.07) is 0.353. The number of rotatable bonds is 5. The van der Waals surface area contributed by atoms with Gasteiger partial charge >= 0.3 is 0 Å². The van der Waals surface area contributed by atoms with Crippen LogP contribution in [0, 0.1) is 5.92 Å². The molecule has 1 unspecified atom stereocenters. The first kappa shape index (κ1) is 13.1. The maximum Gasteiger partial charge on any atom is 0.0649 e. The molecule has 92 valence electrons. The zero-order chi connectivity index (χ0) is 12.1. The fourth-order valence-electron chi connectivity index (χ4n) is 2.23. The summed E-state index contributed by atoms with van der Waals surface area (Å²) >= 11 is 0. The highest BCUT2D eigenvalue weighted by Gasteiger charge is 2.21. The summed E-state index contributed by atoms with van der Waals surface area (Å²) in [6.07, 6.45) is 3.66. The molecule has 0 spiro atoms. The van der Waals surface area contributed by atoms with Crippen molar-refractivity contribution in [3.8, 4) is 0 Å². The zero-order valence-corrected chi connectivity index (χ0v) is 11.1. The number of allylic oxidation sites excluding steroid dienone is 1. The standard InChI is InChI=1S/C14H26N2/c1-6-14(15-11(2)3)13(5)16-9-7-12(4)8-10-16/h12,14-15H,2,5-10H2,1,3-4H3. The summed E-state index contributed by atoms with van der Waals surface area (Å²) in [5.74, 6) is 0.873. The van der Waals surface area contributed by atoms with Gasteiger partial charge in [0.2, 0.25) is 0 Å². The normalized spacial score (nSPS) is 19.3. The lowest BCUT2D eigenvalue weighted by atomic mass is 9.97. The quantitative estimate of drug-likeness (QED) is 0.769. The summed E-state index contributed by atoms with van der Waals surface area (Å²) < 4.78 is 0. The van der Waals surface area contributed by atoms with E-state index in [1.165, 1.54) is 18.5 Å². The van der Waals surface area contributed by atoms with E-state index in [1.54, 1.807) is 0 Å². The van der Waals surface area contributed by atoms with Gasteiger partial charge in [0.1, 0.15) is 0 Å². The molecule has 0 aromatic rings. The lowest BCUT2D eigenvalue weighted by Gasteiger charge is -2.37. The molecule has 1 aliphatic rings. The SMILES string of the molecule is C=C(C)NC(CC)C(=C)N1CCC(C)CC1. The molecular formula is C14H26N2. The molecule has 1 fully saturated rings. The monoisotopic (exact) mass is 222 g/mol. The third-order valence-electron chi connectivity index (χ3n) is 3.42. The van der Waals surface area contributed by atoms with E-state index >= 15 is 0 Å². The molecule has 0 aliphatic carbocycles. The summed E-state index contributed by atoms with van der Waals surface area (Å²) in [6.45, 7) is 17.0. The van der Waals surface area contributed by atoms with Gasteiger partial charge in [-0.2, -0.15) is 0 Å². The zero-order valence-electron chi connectivity index (χ0n) is 11.1. The predicted molar refractivity (Wildman–Crippen MR) is 71.1 cm³/mol. The van der Waals surface area contributed by atoms with Crippen LogP contribution in [0.4, 0.5) is 0 Å². The van der Waals surface area contributed by atoms with Crippen molar-refractivity contribution in [1.29, 1.82) is 0 Å². The minimum atomic E-state index is 0.353. The average molecular weight is 222 g/mol. The van der Waals surface area contributed by atoms with E-state index in [0.717, 1.165) is 31.1 Å². The van der Waals surface area contributed by atoms with Crippen LogP contribution in [0.15, 0.2) is 24.6 Å². The third kappa shape index (κ3) is 3.58. The molecule has 0 aromatic heterocycles. The van der Waals surface area contributed by atoms with Crippen LogP contribution in [0.2, 0.25) is 0 Å². The fraction of sp³-hybridized carbons (Fsp3) is 0.714. The Morgan fingerprint density at radius 3 is 2.38 bits per heavy atom. The number of likely N-dealkylation sites (tertiary alicyclic amines) is 1. The first-order valence-corrected chi connectivity index (χ1v) is 6.40. The van der Waals surface area contributed by atoms with Gasteiger partial charge in [-0.15, -0.1) is 0 Å². The first-order valence-electron chi connectivity index (χ1n) is 6.40. The Morgan fingerprint density at radius 2 is 1.94 bits per heavy atom. The van der Waals surface area contributed by atoms with Crippen LogP contribution >= 0.6 is 0 Å². The van der Waals surface area contributed by atoms with Crippen LogP contribution in [-0.4, -0.2) is 24.0 Å². The van der Waals surface area contributed by atoms with Gasteiger partial charge < -0.3 is 10.2 Å². The Hall–Kier alpha value is -0.920. The predicted octanol–water partition coefficient (Wildman–Crippen LogP) is 3.13. The molecule has 0 saturated carbocycles. The molecule has 1 rings (SSSR count). The van der Waals surface area contributed by atoms with Gasteiger partial charge in [0, 0.05) is 24.5 Å². The number of hydrogen-bond acceptors (Lipinski definition) is 2. The fourth-order valence-corrected chi connectivity index (χ4v) is 2.23. The van der Waals surface area contributed by atoms with Gasteiger partial charge in [-0.25, -0.2) is 0 Å². The van der Waals surface area contributed by atoms with Crippen LogP contribution in [-0.2, 0) is 0 Å². The van der Waals surface area contributed by atoms with Crippen molar-refractivity contribution in [3.63, 3.8) is 0 Å². The van der Waals surface area contributed by atoms with Crippen LogP contribution in [0.3, 0.4) is 0 Å². The Bertz CT molecular complexity index is 249. The second-order valence-electron chi connectivity index (χ2n) is 5.05. The highest BCUT2D eigenvalue weighted by molar-refractivity contribution is 5.08. The molecule has 1 heterocycles. The molecule has 2 heteroatoms. The molecule has 1 saturated heterocycles. The van der Waals surface area contributed by atoms with Crippen molar-refractivity contribution in [2.24, 2.45) is 5.92 Å². The Labute approximate surface area is 100 Å². The molecule has 0 radical (unpaired) electrons. The van der Waals surface area contributed by atoms with Crippen molar-refractivity contribution in [2.75, 3.05) is 13.1 Å². The van der Waals surface area contributed by atoms with Crippen molar-refractivity contribution in [1.82, 2.24) is 10.2 Å². The second-order valence-corrected chi connectivity index (χ2v) is 5.05. The number of piperidine rings is 1. The maximum atomic E-state index is 4.25. The van der Waals surface area contributed by atoms with Crippen LogP contribution in [0.5, 0.6) is 0 Å². The first-order chi connectivity index (χ1) is 7.54. The third-order valence-corrected chi connectivity index (χ3v) is 3.42. The Kier molecular flexibility index (Phi) is 4.91. The second kappa shape index (κ2) is 5.97. The molecular weight excluding hydrogens is 196 g/mol. The van der Waals surface area contributed by atoms with Crippen LogP contribution < -0.4 is 5.32 Å². The average Bonchev–Trinajstić information content (AvgIpc) is 2.25. The van der Waals surface area contributed by atoms with E-state index in [4.69, 9.17) is 0 Å². The van der Waals surface area contributed by atoms with E-state index in [9.17, 15) is 0 Å². The molecule has 1 N–H and O–H groups in total. The minimum absolute atomic E-state index is 0.353. The minimum Gasteiger partial charge on any atom is -0.381 e. The molecule has 1 aliphatic heterocycles. The molecule has 2 nitrogen and oxygen atoms in total. The van der Waals surface area contributed by atoms with Gasteiger partial charge in [0.05, 0.1) is 6.04 Å². The Morgan fingerprint density at radius 1 is 1.38 bits per heavy atom. The van der Waals surface area contributed by atoms with Crippen molar-refractivity contribution in [3.05, 3.63) is 24.6 Å². The number of hydrogen-bond donors (Lipinski definition) is 1. The summed E-state index contributed by atoms with van der Waals surface area (Å²) in [4.78, 5) is 2.43. The maximum absolute atomic E-state index is 4.25. The van der Waals surface area contributed by atoms with Crippen molar-refractivity contribution >= 4 is 0 Å². The van der Waals surface area contributed by atoms with E-state index in [-0.39, 0.29) is 0 Å². The highest BCUT2D eigenvalue weighted by atomic mass is 15.2. The number of nitrogens with one attached hydrogen (secondary N) is 1. The molecule has 1 atom stereocenters. The smallest absolute Gasteiger partial charge is 0.0649 e. The van der Waals surface area contributed by atoms with Gasteiger partial charge in [0.25, 0.3) is 0 Å².